The summed E-state index contributed by atoms with van der Waals surface area (Å²) in [5.41, 5.74) is -2.16. The summed E-state index contributed by atoms with van der Waals surface area (Å²) in [5, 5.41) is 25.5. The molecule has 3 N–H and O–H groups in total. The number of ether oxygens (including phenoxy) is 1. The highest BCUT2D eigenvalue weighted by atomic mass is 28.3. The highest BCUT2D eigenvalue weighted by molar-refractivity contribution is 7.05. The zero-order valence-electron chi connectivity index (χ0n) is 19.0. The number of rotatable bonds is 6. The van der Waals surface area contributed by atoms with Gasteiger partial charge in [0.1, 0.15) is 5.60 Å². The average Bonchev–Trinajstić information content (AvgIpc) is 2.65. The first kappa shape index (κ1) is 24.6. The van der Waals surface area contributed by atoms with Crippen LogP contribution < -0.4 is 15.7 Å². The van der Waals surface area contributed by atoms with Gasteiger partial charge in [-0.3, -0.25) is 0 Å². The third-order valence-corrected chi connectivity index (χ3v) is 11.4. The molecule has 0 saturated carbocycles. The molecule has 0 aromatic heterocycles. The summed E-state index contributed by atoms with van der Waals surface area (Å²) < 4.78 is 5.27. The molecule has 31 heavy (non-hydrogen) atoms. The molecule has 0 aliphatic carbocycles. The van der Waals surface area contributed by atoms with E-state index < -0.39 is 42.5 Å². The highest BCUT2D eigenvalue weighted by Crippen LogP contribution is 2.39. The Hall–Kier alpha value is -2.64. The van der Waals surface area contributed by atoms with E-state index in [9.17, 15) is 19.8 Å². The monoisotopic (exact) mass is 443 g/mol. The molecule has 0 aliphatic rings. The Bertz CT molecular complexity index is 848. The van der Waals surface area contributed by atoms with Gasteiger partial charge in [-0.1, -0.05) is 91.8 Å². The van der Waals surface area contributed by atoms with Crippen LogP contribution in [0.1, 0.15) is 41.5 Å². The summed E-state index contributed by atoms with van der Waals surface area (Å²) in [6.07, 6.45) is -0.878. The summed E-state index contributed by atoms with van der Waals surface area (Å²) in [4.78, 5) is 24.7. The number of benzene rings is 2. The second-order valence-electron chi connectivity index (χ2n) is 9.70. The number of hydrogen-bond acceptors (Lipinski definition) is 4. The molecule has 2 aromatic carbocycles. The number of carbonyl (C=O) groups is 2. The van der Waals surface area contributed by atoms with Gasteiger partial charge < -0.3 is 20.3 Å². The number of carboxylic acids is 1. The summed E-state index contributed by atoms with van der Waals surface area (Å²) in [6.45, 7) is 11.1. The van der Waals surface area contributed by atoms with Gasteiger partial charge in [0.2, 0.25) is 0 Å². The fourth-order valence-electron chi connectivity index (χ4n) is 4.18. The van der Waals surface area contributed by atoms with Crippen molar-refractivity contribution < 1.29 is 24.5 Å². The first-order valence-corrected chi connectivity index (χ1v) is 12.4. The van der Waals surface area contributed by atoms with Crippen molar-refractivity contribution in [3.8, 4) is 0 Å². The van der Waals surface area contributed by atoms with E-state index in [4.69, 9.17) is 4.74 Å². The lowest BCUT2D eigenvalue weighted by atomic mass is 10.2. The van der Waals surface area contributed by atoms with Gasteiger partial charge in [-0.05, 0) is 25.8 Å². The number of carbonyl (C=O) groups excluding carboxylic acids is 1. The summed E-state index contributed by atoms with van der Waals surface area (Å²) in [7, 11) is -3.20. The van der Waals surface area contributed by atoms with Crippen molar-refractivity contribution >= 4 is 30.5 Å². The van der Waals surface area contributed by atoms with Crippen LogP contribution in [0.25, 0.3) is 0 Å². The van der Waals surface area contributed by atoms with E-state index in [-0.39, 0.29) is 0 Å². The minimum atomic E-state index is -3.20. The van der Waals surface area contributed by atoms with Gasteiger partial charge in [0.15, 0.2) is 14.1 Å². The van der Waals surface area contributed by atoms with Crippen LogP contribution in [0.4, 0.5) is 4.79 Å². The number of aliphatic carboxylic acids is 1. The summed E-state index contributed by atoms with van der Waals surface area (Å²) in [5.74, 6) is -1.31. The largest absolute Gasteiger partial charge is 0.480 e. The Balaban J connectivity index is 2.69. The fraction of sp³-hybridized carbons (Fsp3) is 0.417. The maximum Gasteiger partial charge on any atom is 0.408 e. The van der Waals surface area contributed by atoms with Crippen molar-refractivity contribution in [1.82, 2.24) is 5.32 Å². The van der Waals surface area contributed by atoms with Crippen molar-refractivity contribution in [2.45, 2.75) is 64.0 Å². The van der Waals surface area contributed by atoms with E-state index in [0.717, 1.165) is 10.4 Å². The van der Waals surface area contributed by atoms with Crippen LogP contribution in [0, 0.1) is 0 Å². The molecule has 7 heteroatoms. The molecule has 0 heterocycles. The van der Waals surface area contributed by atoms with Gasteiger partial charge in [-0.2, -0.15) is 0 Å². The highest BCUT2D eigenvalue weighted by Gasteiger charge is 2.57. The lowest BCUT2D eigenvalue weighted by Gasteiger charge is -2.48. The number of alkyl carbamates (subject to hydrolysis) is 1. The Labute approximate surface area is 185 Å². The van der Waals surface area contributed by atoms with Crippen molar-refractivity contribution in [2.24, 2.45) is 0 Å². The van der Waals surface area contributed by atoms with Crippen molar-refractivity contribution in [3.05, 3.63) is 60.7 Å². The maximum atomic E-state index is 12.4. The number of aliphatic hydroxyl groups is 1. The smallest absolute Gasteiger partial charge is 0.408 e. The van der Waals surface area contributed by atoms with Crippen LogP contribution in [-0.2, 0) is 9.53 Å². The molecule has 0 fully saturated rings. The first-order valence-electron chi connectivity index (χ1n) is 10.3. The minimum absolute atomic E-state index is 0.488. The second-order valence-corrected chi connectivity index (χ2v) is 14.6. The van der Waals surface area contributed by atoms with Crippen LogP contribution in [0.15, 0.2) is 60.7 Å². The molecule has 0 saturated heterocycles. The predicted octanol–water partition coefficient (Wildman–Crippen LogP) is 2.93. The quantitative estimate of drug-likeness (QED) is 0.597. The zero-order valence-corrected chi connectivity index (χ0v) is 20.0. The van der Waals surface area contributed by atoms with Gasteiger partial charge >= 0.3 is 12.1 Å². The van der Waals surface area contributed by atoms with Crippen molar-refractivity contribution in [3.63, 3.8) is 0 Å². The van der Waals surface area contributed by atoms with Crippen LogP contribution in [0.5, 0.6) is 0 Å². The SMILES string of the molecule is CC(C)(C)OC(=O)N[C@H](C(=O)O)C(O)[Si](c1ccccc1)(c1ccccc1)C(C)(C)C. The molecule has 2 aromatic rings. The van der Waals surface area contributed by atoms with E-state index in [1.165, 1.54) is 0 Å². The van der Waals surface area contributed by atoms with E-state index in [2.05, 4.69) is 5.32 Å². The molecule has 1 amide bonds. The molecule has 0 aliphatic heterocycles. The van der Waals surface area contributed by atoms with Crippen molar-refractivity contribution in [2.75, 3.05) is 0 Å². The maximum absolute atomic E-state index is 12.4. The molecule has 0 bridgehead atoms. The molecule has 0 spiro atoms. The minimum Gasteiger partial charge on any atom is -0.480 e. The molecule has 2 rings (SSSR count). The first-order chi connectivity index (χ1) is 14.3. The van der Waals surface area contributed by atoms with E-state index in [0.29, 0.717) is 0 Å². The van der Waals surface area contributed by atoms with Crippen LogP contribution >= 0.6 is 0 Å². The van der Waals surface area contributed by atoms with Crippen LogP contribution in [0.2, 0.25) is 5.04 Å². The Kier molecular flexibility index (Phi) is 7.34. The number of aliphatic hydroxyl groups excluding tert-OH is 1. The van der Waals surface area contributed by atoms with E-state index in [1.807, 2.05) is 81.4 Å². The van der Waals surface area contributed by atoms with Crippen molar-refractivity contribution in [1.29, 1.82) is 0 Å². The molecular formula is C24H33NO5Si. The Morgan fingerprint density at radius 3 is 1.61 bits per heavy atom. The third kappa shape index (κ3) is 5.35. The second kappa shape index (κ2) is 9.24. The van der Waals surface area contributed by atoms with Gasteiger partial charge in [0.25, 0.3) is 0 Å². The summed E-state index contributed by atoms with van der Waals surface area (Å²) in [6, 6.07) is 17.5. The Morgan fingerprint density at radius 1 is 0.871 bits per heavy atom. The molecule has 168 valence electrons. The van der Waals surface area contributed by atoms with E-state index >= 15 is 0 Å². The number of amides is 1. The molecule has 2 atom stereocenters. The predicted molar refractivity (Wildman–Crippen MR) is 124 cm³/mol. The average molecular weight is 444 g/mol. The van der Waals surface area contributed by atoms with Gasteiger partial charge in [-0.25, -0.2) is 9.59 Å². The zero-order chi connectivity index (χ0) is 23.4. The summed E-state index contributed by atoms with van der Waals surface area (Å²) >= 11 is 0. The topological polar surface area (TPSA) is 95.9 Å². The normalized spacial score (nSPS) is 14.4. The molecule has 6 nitrogen and oxygen atoms in total. The third-order valence-electron chi connectivity index (χ3n) is 5.34. The van der Waals surface area contributed by atoms with Crippen LogP contribution in [-0.4, -0.2) is 47.7 Å². The van der Waals surface area contributed by atoms with Gasteiger partial charge in [-0.15, -0.1) is 0 Å². The van der Waals surface area contributed by atoms with E-state index in [1.54, 1.807) is 20.8 Å². The van der Waals surface area contributed by atoms with Gasteiger partial charge in [0, 0.05) is 0 Å². The Morgan fingerprint density at radius 2 is 1.29 bits per heavy atom. The fourth-order valence-corrected chi connectivity index (χ4v) is 9.98. The van der Waals surface area contributed by atoms with Gasteiger partial charge in [0.05, 0.1) is 5.73 Å². The standard InChI is InChI=1S/C24H33NO5Si/c1-23(2,3)30-22(29)25-19(20(26)27)21(28)31(24(4,5)6,17-13-9-7-10-14-17)18-15-11-8-12-16-18/h7-16,19,21,28H,1-6H3,(H,25,29)(H,26,27)/t19-,21?/m1/s1. The lowest BCUT2D eigenvalue weighted by molar-refractivity contribution is -0.141. The number of carboxylic acid groups (broad SMARTS) is 1. The number of hydrogen-bond donors (Lipinski definition) is 3. The van der Waals surface area contributed by atoms with Crippen LogP contribution in [0.3, 0.4) is 0 Å². The molecular weight excluding hydrogens is 410 g/mol. The lowest BCUT2D eigenvalue weighted by Crippen LogP contribution is -2.76. The number of nitrogens with one attached hydrogen (secondary N) is 1. The molecule has 1 unspecified atom stereocenters. The molecule has 0 radical (unpaired) electrons.